The number of aliphatic hydroxyl groups is 1. The van der Waals surface area contributed by atoms with Crippen molar-refractivity contribution in [1.82, 2.24) is 0 Å². The SMILES string of the molecule is CC(O)(F)c1ccc(Cl)cc1. The Hall–Kier alpha value is -0.600. The van der Waals surface area contributed by atoms with E-state index in [9.17, 15) is 4.39 Å². The molecule has 0 bridgehead atoms. The molecule has 0 aliphatic rings. The number of alkyl halides is 1. The molecule has 1 N–H and O–H groups in total. The summed E-state index contributed by atoms with van der Waals surface area (Å²) in [7, 11) is 0. The van der Waals surface area contributed by atoms with Crippen LogP contribution in [0.4, 0.5) is 4.39 Å². The zero-order chi connectivity index (χ0) is 8.48. The second-order valence-corrected chi connectivity index (χ2v) is 2.90. The molecule has 11 heavy (non-hydrogen) atoms. The zero-order valence-electron chi connectivity index (χ0n) is 6.01. The first kappa shape index (κ1) is 8.50. The van der Waals surface area contributed by atoms with Crippen molar-refractivity contribution in [2.75, 3.05) is 0 Å². The van der Waals surface area contributed by atoms with Crippen molar-refractivity contribution in [3.8, 4) is 0 Å². The predicted octanol–water partition coefficient (Wildman–Crippen LogP) is 2.47. The Kier molecular flexibility index (Phi) is 2.16. The molecule has 0 spiro atoms. The van der Waals surface area contributed by atoms with Gasteiger partial charge in [0.2, 0.25) is 5.85 Å². The van der Waals surface area contributed by atoms with Gasteiger partial charge in [-0.25, -0.2) is 4.39 Å². The number of hydrogen-bond donors (Lipinski definition) is 1. The lowest BCUT2D eigenvalue weighted by molar-refractivity contribution is -0.0768. The summed E-state index contributed by atoms with van der Waals surface area (Å²) in [4.78, 5) is 0. The maximum atomic E-state index is 12.8. The van der Waals surface area contributed by atoms with Crippen LogP contribution >= 0.6 is 11.6 Å². The minimum absolute atomic E-state index is 0.210. The summed E-state index contributed by atoms with van der Waals surface area (Å²) in [6.45, 7) is 1.08. The fourth-order valence-electron chi connectivity index (χ4n) is 0.754. The number of rotatable bonds is 1. The molecule has 1 rings (SSSR count). The first-order chi connectivity index (χ1) is 5.00. The molecule has 0 heterocycles. The first-order valence-corrected chi connectivity index (χ1v) is 3.55. The average Bonchev–Trinajstić information content (AvgIpc) is 1.86. The number of hydrogen-bond acceptors (Lipinski definition) is 1. The third-order valence-corrected chi connectivity index (χ3v) is 1.62. The van der Waals surface area contributed by atoms with E-state index in [1.807, 2.05) is 0 Å². The molecule has 0 fully saturated rings. The minimum atomic E-state index is -2.27. The second-order valence-electron chi connectivity index (χ2n) is 2.46. The highest BCUT2D eigenvalue weighted by Gasteiger charge is 2.20. The van der Waals surface area contributed by atoms with Crippen LogP contribution in [0.25, 0.3) is 0 Å². The quantitative estimate of drug-likeness (QED) is 0.694. The van der Waals surface area contributed by atoms with Crippen LogP contribution in [-0.2, 0) is 5.85 Å². The highest BCUT2D eigenvalue weighted by molar-refractivity contribution is 6.30. The Morgan fingerprint density at radius 2 is 1.82 bits per heavy atom. The van der Waals surface area contributed by atoms with Gasteiger partial charge in [-0.15, -0.1) is 0 Å². The van der Waals surface area contributed by atoms with Crippen molar-refractivity contribution in [3.05, 3.63) is 34.9 Å². The van der Waals surface area contributed by atoms with Crippen molar-refractivity contribution < 1.29 is 9.50 Å². The van der Waals surface area contributed by atoms with Gasteiger partial charge in [0.25, 0.3) is 0 Å². The molecular weight excluding hydrogens is 167 g/mol. The Bertz CT molecular complexity index is 237. The van der Waals surface area contributed by atoms with Crippen molar-refractivity contribution in [3.63, 3.8) is 0 Å². The molecule has 0 saturated heterocycles. The van der Waals surface area contributed by atoms with Gasteiger partial charge >= 0.3 is 0 Å². The Balaban J connectivity index is 2.99. The molecule has 1 aromatic rings. The van der Waals surface area contributed by atoms with Crippen LogP contribution in [0, 0.1) is 0 Å². The lowest BCUT2D eigenvalue weighted by Gasteiger charge is -2.12. The maximum absolute atomic E-state index is 12.8. The maximum Gasteiger partial charge on any atom is 0.230 e. The third kappa shape index (κ3) is 2.17. The van der Waals surface area contributed by atoms with E-state index in [0.717, 1.165) is 6.92 Å². The van der Waals surface area contributed by atoms with Gasteiger partial charge in [0.05, 0.1) is 0 Å². The van der Waals surface area contributed by atoms with E-state index < -0.39 is 5.85 Å². The standard InChI is InChI=1S/C8H8ClFO/c1-8(10,11)6-2-4-7(9)5-3-6/h2-5,11H,1H3. The summed E-state index contributed by atoms with van der Waals surface area (Å²) in [6.07, 6.45) is 0. The molecule has 0 aromatic heterocycles. The molecule has 3 heteroatoms. The molecule has 1 aromatic carbocycles. The highest BCUT2D eigenvalue weighted by atomic mass is 35.5. The smallest absolute Gasteiger partial charge is 0.230 e. The molecule has 0 saturated carbocycles. The molecule has 1 nitrogen and oxygen atoms in total. The Morgan fingerprint density at radius 1 is 1.36 bits per heavy atom. The van der Waals surface area contributed by atoms with Gasteiger partial charge < -0.3 is 5.11 Å². The lowest BCUT2D eigenvalue weighted by Crippen LogP contribution is -2.12. The van der Waals surface area contributed by atoms with Gasteiger partial charge in [-0.3, -0.25) is 0 Å². The van der Waals surface area contributed by atoms with E-state index >= 15 is 0 Å². The normalized spacial score (nSPS) is 16.0. The Morgan fingerprint density at radius 3 is 2.18 bits per heavy atom. The van der Waals surface area contributed by atoms with Crippen LogP contribution in [0.3, 0.4) is 0 Å². The summed E-state index contributed by atoms with van der Waals surface area (Å²) in [6, 6.07) is 5.96. The first-order valence-electron chi connectivity index (χ1n) is 3.17. The van der Waals surface area contributed by atoms with Gasteiger partial charge in [-0.05, 0) is 19.1 Å². The molecule has 0 aliphatic carbocycles. The molecular formula is C8H8ClFO. The Labute approximate surface area is 69.4 Å². The van der Waals surface area contributed by atoms with Crippen LogP contribution in [0.1, 0.15) is 12.5 Å². The minimum Gasteiger partial charge on any atom is -0.358 e. The molecule has 0 aliphatic heterocycles. The van der Waals surface area contributed by atoms with Crippen LogP contribution in [0.15, 0.2) is 24.3 Å². The largest absolute Gasteiger partial charge is 0.358 e. The molecule has 0 radical (unpaired) electrons. The lowest BCUT2D eigenvalue weighted by atomic mass is 10.1. The van der Waals surface area contributed by atoms with E-state index in [2.05, 4.69) is 0 Å². The summed E-state index contributed by atoms with van der Waals surface area (Å²) in [5.41, 5.74) is 0.210. The fraction of sp³-hybridized carbons (Fsp3) is 0.250. The summed E-state index contributed by atoms with van der Waals surface area (Å²) in [5.74, 6) is -2.27. The van der Waals surface area contributed by atoms with Crippen LogP contribution in [0.5, 0.6) is 0 Å². The van der Waals surface area contributed by atoms with Crippen molar-refractivity contribution in [2.24, 2.45) is 0 Å². The van der Waals surface area contributed by atoms with Crippen molar-refractivity contribution >= 4 is 11.6 Å². The fourth-order valence-corrected chi connectivity index (χ4v) is 0.880. The van der Waals surface area contributed by atoms with E-state index in [-0.39, 0.29) is 5.56 Å². The van der Waals surface area contributed by atoms with E-state index in [1.54, 1.807) is 0 Å². The zero-order valence-corrected chi connectivity index (χ0v) is 6.77. The summed E-state index contributed by atoms with van der Waals surface area (Å²) < 4.78 is 12.8. The van der Waals surface area contributed by atoms with Gasteiger partial charge in [0.15, 0.2) is 0 Å². The highest BCUT2D eigenvalue weighted by Crippen LogP contribution is 2.22. The molecule has 1 atom stereocenters. The van der Waals surface area contributed by atoms with Gasteiger partial charge in [0, 0.05) is 10.6 Å². The topological polar surface area (TPSA) is 20.2 Å². The number of benzene rings is 1. The van der Waals surface area contributed by atoms with E-state index in [4.69, 9.17) is 16.7 Å². The second kappa shape index (κ2) is 2.80. The third-order valence-electron chi connectivity index (χ3n) is 1.37. The summed E-state index contributed by atoms with van der Waals surface area (Å²) in [5, 5.41) is 9.40. The van der Waals surface area contributed by atoms with Crippen LogP contribution < -0.4 is 0 Å². The molecule has 1 unspecified atom stereocenters. The van der Waals surface area contributed by atoms with Gasteiger partial charge in [0.1, 0.15) is 0 Å². The summed E-state index contributed by atoms with van der Waals surface area (Å²) >= 11 is 5.56. The molecule has 0 amide bonds. The van der Waals surface area contributed by atoms with Crippen LogP contribution in [-0.4, -0.2) is 5.11 Å². The predicted molar refractivity (Wildman–Crippen MR) is 42.1 cm³/mol. The molecule has 60 valence electrons. The average molecular weight is 175 g/mol. The van der Waals surface area contributed by atoms with E-state index in [1.165, 1.54) is 24.3 Å². The van der Waals surface area contributed by atoms with Gasteiger partial charge in [-0.1, -0.05) is 23.7 Å². The monoisotopic (exact) mass is 174 g/mol. The van der Waals surface area contributed by atoms with Crippen molar-refractivity contribution in [1.29, 1.82) is 0 Å². The number of halogens is 2. The van der Waals surface area contributed by atoms with Crippen molar-refractivity contribution in [2.45, 2.75) is 12.8 Å². The van der Waals surface area contributed by atoms with Crippen LogP contribution in [0.2, 0.25) is 5.02 Å². The van der Waals surface area contributed by atoms with E-state index in [0.29, 0.717) is 5.02 Å². The van der Waals surface area contributed by atoms with Gasteiger partial charge in [-0.2, -0.15) is 0 Å².